The summed E-state index contributed by atoms with van der Waals surface area (Å²) in [6.45, 7) is 0. The van der Waals surface area contributed by atoms with Gasteiger partial charge in [-0.1, -0.05) is 0 Å². The molecule has 0 aliphatic carbocycles. The number of ether oxygens (including phenoxy) is 2. The summed E-state index contributed by atoms with van der Waals surface area (Å²) in [5.41, 5.74) is -1.24. The molecular weight excluding hydrogens is 335 g/mol. The van der Waals surface area contributed by atoms with Crippen LogP contribution in [0.3, 0.4) is 0 Å². The molecule has 1 heterocycles. The summed E-state index contributed by atoms with van der Waals surface area (Å²) < 4.78 is 29.9. The number of halogens is 1. The Labute approximate surface area is 140 Å². The van der Waals surface area contributed by atoms with Gasteiger partial charge in [0.1, 0.15) is 22.5 Å². The van der Waals surface area contributed by atoms with Crippen LogP contribution in [0.5, 0.6) is 28.7 Å². The first-order valence-corrected chi connectivity index (χ1v) is 7.01. The second-order valence-corrected chi connectivity index (χ2v) is 5.14. The van der Waals surface area contributed by atoms with Crippen LogP contribution in [-0.2, 0) is 0 Å². The molecule has 0 aliphatic rings. The maximum Gasteiger partial charge on any atom is 0.232 e. The molecule has 3 rings (SSSR count). The zero-order valence-corrected chi connectivity index (χ0v) is 13.2. The van der Waals surface area contributed by atoms with E-state index in [-0.39, 0.29) is 34.1 Å². The number of benzene rings is 2. The minimum Gasteiger partial charge on any atom is -0.508 e. The largest absolute Gasteiger partial charge is 0.508 e. The minimum atomic E-state index is -1.25. The van der Waals surface area contributed by atoms with E-state index in [1.54, 1.807) is 0 Å². The van der Waals surface area contributed by atoms with Gasteiger partial charge in [0.2, 0.25) is 17.0 Å². The number of phenolic OH excluding ortho intramolecular Hbond substituents is 3. The third-order valence-electron chi connectivity index (χ3n) is 3.65. The molecule has 8 heteroatoms. The zero-order valence-electron chi connectivity index (χ0n) is 13.2. The van der Waals surface area contributed by atoms with E-state index in [2.05, 4.69) is 0 Å². The van der Waals surface area contributed by atoms with Crippen LogP contribution >= 0.6 is 0 Å². The first-order valence-electron chi connectivity index (χ1n) is 7.01. The van der Waals surface area contributed by atoms with Crippen LogP contribution in [0.15, 0.2) is 33.5 Å². The van der Waals surface area contributed by atoms with Gasteiger partial charge in [-0.25, -0.2) is 0 Å². The van der Waals surface area contributed by atoms with E-state index in [1.165, 1.54) is 26.4 Å². The molecule has 0 atom stereocenters. The second-order valence-electron chi connectivity index (χ2n) is 5.14. The summed E-state index contributed by atoms with van der Waals surface area (Å²) in [5.74, 6) is -3.00. The normalized spacial score (nSPS) is 10.8. The number of fused-ring (bicyclic) bond motifs is 1. The Balaban J connectivity index is 2.37. The predicted molar refractivity (Wildman–Crippen MR) is 86.0 cm³/mol. The van der Waals surface area contributed by atoms with Crippen molar-refractivity contribution in [2.24, 2.45) is 0 Å². The number of aromatic hydroxyl groups is 3. The molecule has 0 radical (unpaired) electrons. The summed E-state index contributed by atoms with van der Waals surface area (Å²) in [6.07, 6.45) is 0. The molecule has 0 aliphatic heterocycles. The van der Waals surface area contributed by atoms with Gasteiger partial charge in [-0.3, -0.25) is 4.79 Å². The maximum absolute atomic E-state index is 14.5. The molecule has 0 fully saturated rings. The van der Waals surface area contributed by atoms with Gasteiger partial charge in [0.25, 0.3) is 0 Å². The fraction of sp³-hybridized carbons (Fsp3) is 0.118. The molecule has 2 aromatic carbocycles. The van der Waals surface area contributed by atoms with Crippen molar-refractivity contribution in [2.75, 3.05) is 14.2 Å². The van der Waals surface area contributed by atoms with Crippen LogP contribution in [-0.4, -0.2) is 29.5 Å². The number of phenols is 3. The highest BCUT2D eigenvalue weighted by molar-refractivity contribution is 5.86. The van der Waals surface area contributed by atoms with Gasteiger partial charge < -0.3 is 29.2 Å². The quantitative estimate of drug-likeness (QED) is 0.667. The highest BCUT2D eigenvalue weighted by atomic mass is 19.1. The van der Waals surface area contributed by atoms with E-state index >= 15 is 0 Å². The lowest BCUT2D eigenvalue weighted by atomic mass is 10.1. The Hall–Kier alpha value is -3.42. The Kier molecular flexibility index (Phi) is 3.88. The Morgan fingerprint density at radius 1 is 1.00 bits per heavy atom. The van der Waals surface area contributed by atoms with Crippen LogP contribution < -0.4 is 14.9 Å². The summed E-state index contributed by atoms with van der Waals surface area (Å²) in [6, 6.07) is 4.50. The number of rotatable bonds is 3. The number of methoxy groups -OCH3 is 2. The average Bonchev–Trinajstić information content (AvgIpc) is 2.57. The topological polar surface area (TPSA) is 109 Å². The van der Waals surface area contributed by atoms with E-state index in [9.17, 15) is 24.5 Å². The van der Waals surface area contributed by atoms with Crippen LogP contribution in [0.1, 0.15) is 0 Å². The van der Waals surface area contributed by atoms with Crippen molar-refractivity contribution in [3.05, 3.63) is 40.3 Å². The van der Waals surface area contributed by atoms with Gasteiger partial charge in [0.05, 0.1) is 14.2 Å². The van der Waals surface area contributed by atoms with Crippen molar-refractivity contribution in [2.45, 2.75) is 0 Å². The van der Waals surface area contributed by atoms with E-state index in [1.807, 2.05) is 0 Å². The molecule has 0 spiro atoms. The van der Waals surface area contributed by atoms with Crippen molar-refractivity contribution in [1.82, 2.24) is 0 Å². The maximum atomic E-state index is 14.5. The lowest BCUT2D eigenvalue weighted by Crippen LogP contribution is -2.09. The third kappa shape index (κ3) is 2.57. The fourth-order valence-corrected chi connectivity index (χ4v) is 2.47. The van der Waals surface area contributed by atoms with Crippen molar-refractivity contribution in [3.63, 3.8) is 0 Å². The molecule has 0 saturated heterocycles. The minimum absolute atomic E-state index is 0.0183. The highest BCUT2D eigenvalue weighted by Crippen LogP contribution is 2.41. The van der Waals surface area contributed by atoms with Crippen molar-refractivity contribution in [3.8, 4) is 40.1 Å². The Bertz CT molecular complexity index is 1010. The van der Waals surface area contributed by atoms with Crippen LogP contribution in [0.2, 0.25) is 0 Å². The van der Waals surface area contributed by atoms with Crippen LogP contribution in [0, 0.1) is 5.82 Å². The lowest BCUT2D eigenvalue weighted by Gasteiger charge is -2.12. The molecular formula is C17H13FO7. The van der Waals surface area contributed by atoms with E-state index in [4.69, 9.17) is 13.9 Å². The molecule has 0 saturated carbocycles. The SMILES string of the molecule is COc1cc(-c2oc3cc(O)cc(O)c3c(=O)c2F)cc(OC)c1O. The molecule has 3 N–H and O–H groups in total. The molecule has 0 unspecified atom stereocenters. The van der Waals surface area contributed by atoms with Gasteiger partial charge in [-0.05, 0) is 12.1 Å². The molecule has 7 nitrogen and oxygen atoms in total. The van der Waals surface area contributed by atoms with Crippen LogP contribution in [0.25, 0.3) is 22.3 Å². The monoisotopic (exact) mass is 348 g/mol. The van der Waals surface area contributed by atoms with Gasteiger partial charge in [-0.2, -0.15) is 4.39 Å². The second kappa shape index (κ2) is 5.90. The molecule has 25 heavy (non-hydrogen) atoms. The van der Waals surface area contributed by atoms with E-state index in [0.29, 0.717) is 0 Å². The average molecular weight is 348 g/mol. The molecule has 0 bridgehead atoms. The highest BCUT2D eigenvalue weighted by Gasteiger charge is 2.22. The van der Waals surface area contributed by atoms with Crippen molar-refractivity contribution >= 4 is 11.0 Å². The zero-order chi connectivity index (χ0) is 18.3. The summed E-state index contributed by atoms with van der Waals surface area (Å²) in [4.78, 5) is 12.2. The standard InChI is InChI=1S/C17H13FO7/c1-23-11-3-7(4-12(24-2)15(11)21)17-14(18)16(22)13-9(20)5-8(19)6-10(13)25-17/h3-6,19-21H,1-2H3. The van der Waals surface area contributed by atoms with Gasteiger partial charge in [0.15, 0.2) is 17.3 Å². The molecule has 1 aromatic heterocycles. The van der Waals surface area contributed by atoms with Crippen molar-refractivity contribution < 1.29 is 33.6 Å². The summed E-state index contributed by atoms with van der Waals surface area (Å²) in [7, 11) is 2.59. The first kappa shape index (κ1) is 16.4. The van der Waals surface area contributed by atoms with Gasteiger partial charge in [-0.15, -0.1) is 0 Å². The molecule has 3 aromatic rings. The van der Waals surface area contributed by atoms with E-state index in [0.717, 1.165) is 12.1 Å². The fourth-order valence-electron chi connectivity index (χ4n) is 2.47. The Morgan fingerprint density at radius 3 is 2.16 bits per heavy atom. The van der Waals surface area contributed by atoms with Crippen molar-refractivity contribution in [1.29, 1.82) is 0 Å². The summed E-state index contributed by atoms with van der Waals surface area (Å²) in [5, 5.41) is 28.8. The summed E-state index contributed by atoms with van der Waals surface area (Å²) >= 11 is 0. The van der Waals surface area contributed by atoms with Gasteiger partial charge in [0, 0.05) is 17.7 Å². The molecule has 130 valence electrons. The Morgan fingerprint density at radius 2 is 1.60 bits per heavy atom. The number of hydrogen-bond acceptors (Lipinski definition) is 7. The predicted octanol–water partition coefficient (Wildman–Crippen LogP) is 2.73. The first-order chi connectivity index (χ1) is 11.9. The third-order valence-corrected chi connectivity index (χ3v) is 3.65. The molecule has 0 amide bonds. The smallest absolute Gasteiger partial charge is 0.232 e. The lowest BCUT2D eigenvalue weighted by molar-refractivity contribution is 0.340. The van der Waals surface area contributed by atoms with Gasteiger partial charge >= 0.3 is 0 Å². The van der Waals surface area contributed by atoms with Crippen LogP contribution in [0.4, 0.5) is 4.39 Å². The number of hydrogen-bond donors (Lipinski definition) is 3. The van der Waals surface area contributed by atoms with E-state index < -0.39 is 28.1 Å².